The van der Waals surface area contributed by atoms with Gasteiger partial charge in [-0.15, -0.1) is 5.10 Å². The Kier molecular flexibility index (Phi) is 6.27. The van der Waals surface area contributed by atoms with Crippen LogP contribution in [-0.2, 0) is 0 Å². The van der Waals surface area contributed by atoms with Gasteiger partial charge in [-0.3, -0.25) is 0 Å². The van der Waals surface area contributed by atoms with Crippen molar-refractivity contribution in [3.8, 4) is 5.75 Å². The minimum absolute atomic E-state index is 0.539. The molecule has 0 spiro atoms. The molecule has 0 aliphatic carbocycles. The number of aromatic nitrogens is 3. The van der Waals surface area contributed by atoms with E-state index in [1.54, 1.807) is 25.1 Å². The molecule has 0 saturated heterocycles. The molecule has 2 N–H and O–H groups in total. The van der Waals surface area contributed by atoms with Gasteiger partial charge in [-0.05, 0) is 42.2 Å². The smallest absolute Gasteiger partial charge is 0.240 e. The van der Waals surface area contributed by atoms with Crippen molar-refractivity contribution in [1.29, 1.82) is 0 Å². The lowest BCUT2D eigenvalue weighted by Crippen LogP contribution is -1.93. The molecule has 22 heavy (non-hydrogen) atoms. The second-order valence-electron chi connectivity index (χ2n) is 5.14. The van der Waals surface area contributed by atoms with Gasteiger partial charge in [0, 0.05) is 5.75 Å². The van der Waals surface area contributed by atoms with Gasteiger partial charge in [0.05, 0.1) is 13.3 Å². The van der Waals surface area contributed by atoms with Gasteiger partial charge in [-0.25, -0.2) is 10.5 Å². The summed E-state index contributed by atoms with van der Waals surface area (Å²) in [6.07, 6.45) is 2.87. The summed E-state index contributed by atoms with van der Waals surface area (Å²) in [5, 5.41) is 11.8. The van der Waals surface area contributed by atoms with Crippen LogP contribution in [0.5, 0.6) is 5.75 Å². The number of thioether (sulfide) groups is 1. The first-order valence-corrected chi connectivity index (χ1v) is 8.14. The molecule has 0 atom stereocenters. The van der Waals surface area contributed by atoms with Gasteiger partial charge in [-0.1, -0.05) is 25.6 Å². The van der Waals surface area contributed by atoms with Crippen LogP contribution in [0.15, 0.2) is 34.5 Å². The Labute approximate surface area is 134 Å². The third kappa shape index (κ3) is 5.40. The van der Waals surface area contributed by atoms with Crippen LogP contribution >= 0.6 is 11.8 Å². The second kappa shape index (κ2) is 8.43. The van der Waals surface area contributed by atoms with Crippen LogP contribution in [0, 0.1) is 5.92 Å². The molecule has 2 rings (SSSR count). The van der Waals surface area contributed by atoms with E-state index in [0.29, 0.717) is 11.9 Å². The molecule has 2 aromatic rings. The molecule has 0 unspecified atom stereocenters. The van der Waals surface area contributed by atoms with Crippen molar-refractivity contribution in [3.63, 3.8) is 0 Å². The Morgan fingerprint density at radius 2 is 2.14 bits per heavy atom. The predicted octanol–water partition coefficient (Wildman–Crippen LogP) is 3.40. The number of hydrogen-bond donors (Lipinski definition) is 2. The normalized spacial score (nSPS) is 11.3. The summed E-state index contributed by atoms with van der Waals surface area (Å²) in [7, 11) is 1.64. The van der Waals surface area contributed by atoms with Gasteiger partial charge in [-0.2, -0.15) is 10.1 Å². The van der Waals surface area contributed by atoms with E-state index in [4.69, 9.17) is 4.74 Å². The van der Waals surface area contributed by atoms with Crippen LogP contribution in [0.3, 0.4) is 0 Å². The predicted molar refractivity (Wildman–Crippen MR) is 90.8 cm³/mol. The van der Waals surface area contributed by atoms with Crippen LogP contribution in [0.25, 0.3) is 0 Å². The minimum atomic E-state index is 0.539. The van der Waals surface area contributed by atoms with E-state index in [1.807, 2.05) is 24.3 Å². The Balaban J connectivity index is 1.80. The molecule has 0 aliphatic rings. The fourth-order valence-corrected chi connectivity index (χ4v) is 2.64. The molecule has 0 aliphatic heterocycles. The summed E-state index contributed by atoms with van der Waals surface area (Å²) in [5.74, 6) is 3.07. The molecule has 0 saturated carbocycles. The third-order valence-corrected chi connectivity index (χ3v) is 3.77. The third-order valence-electron chi connectivity index (χ3n) is 2.89. The Morgan fingerprint density at radius 1 is 1.36 bits per heavy atom. The average molecular weight is 319 g/mol. The lowest BCUT2D eigenvalue weighted by atomic mass is 10.2. The maximum absolute atomic E-state index is 5.11. The zero-order valence-corrected chi connectivity index (χ0v) is 13.9. The van der Waals surface area contributed by atoms with Gasteiger partial charge >= 0.3 is 0 Å². The summed E-state index contributed by atoms with van der Waals surface area (Å²) in [6, 6.07) is 7.63. The van der Waals surface area contributed by atoms with E-state index >= 15 is 0 Å². The maximum atomic E-state index is 5.11. The number of aromatic amines is 1. The van der Waals surface area contributed by atoms with Crippen LogP contribution in [0.4, 0.5) is 5.95 Å². The summed E-state index contributed by atoms with van der Waals surface area (Å²) >= 11 is 1.64. The topological polar surface area (TPSA) is 75.2 Å². The molecule has 6 nitrogen and oxygen atoms in total. The standard InChI is InChI=1S/C15H21N5OS/c1-11(2)8-9-22-15-17-14(19-20-15)18-16-10-12-4-6-13(21-3)7-5-12/h4-7,10-11H,8-9H2,1-3H3,(H2,17,18,19,20)/b16-10+. The number of rotatable bonds is 8. The van der Waals surface area contributed by atoms with Gasteiger partial charge in [0.2, 0.25) is 11.1 Å². The Morgan fingerprint density at radius 3 is 2.82 bits per heavy atom. The fraction of sp³-hybridized carbons (Fsp3) is 0.400. The number of hydrazone groups is 1. The first-order valence-electron chi connectivity index (χ1n) is 7.15. The molecule has 118 valence electrons. The highest BCUT2D eigenvalue weighted by atomic mass is 32.2. The van der Waals surface area contributed by atoms with E-state index in [9.17, 15) is 0 Å². The molecule has 7 heteroatoms. The molecule has 0 bridgehead atoms. The summed E-state index contributed by atoms with van der Waals surface area (Å²) in [5.41, 5.74) is 3.81. The van der Waals surface area contributed by atoms with Gasteiger partial charge in [0.15, 0.2) is 0 Å². The number of nitrogens with zero attached hydrogens (tertiary/aromatic N) is 3. The molecule has 1 aromatic heterocycles. The highest BCUT2D eigenvalue weighted by Crippen LogP contribution is 2.17. The number of H-pyrrole nitrogens is 1. The van der Waals surface area contributed by atoms with Crippen LogP contribution in [0.1, 0.15) is 25.8 Å². The highest BCUT2D eigenvalue weighted by molar-refractivity contribution is 7.99. The van der Waals surface area contributed by atoms with Crippen LogP contribution in [0.2, 0.25) is 0 Å². The van der Waals surface area contributed by atoms with Crippen molar-refractivity contribution in [3.05, 3.63) is 29.8 Å². The van der Waals surface area contributed by atoms with Crippen molar-refractivity contribution in [2.75, 3.05) is 18.3 Å². The molecule has 0 fully saturated rings. The van der Waals surface area contributed by atoms with E-state index in [2.05, 4.69) is 39.6 Å². The van der Waals surface area contributed by atoms with E-state index in [-0.39, 0.29) is 0 Å². The van der Waals surface area contributed by atoms with E-state index < -0.39 is 0 Å². The Bertz CT molecular complexity index is 594. The Hall–Kier alpha value is -2.02. The first-order chi connectivity index (χ1) is 10.7. The number of methoxy groups -OCH3 is 1. The summed E-state index contributed by atoms with van der Waals surface area (Å²) < 4.78 is 5.11. The number of hydrogen-bond acceptors (Lipinski definition) is 6. The molecule has 0 amide bonds. The fourth-order valence-electron chi connectivity index (χ4n) is 1.60. The minimum Gasteiger partial charge on any atom is -0.497 e. The van der Waals surface area contributed by atoms with E-state index in [1.165, 1.54) is 0 Å². The SMILES string of the molecule is COc1ccc(/C=N/Nc2nc(SCCC(C)C)n[nH]2)cc1. The largest absolute Gasteiger partial charge is 0.497 e. The zero-order valence-electron chi connectivity index (χ0n) is 13.0. The van der Waals surface area contributed by atoms with Crippen LogP contribution < -0.4 is 10.2 Å². The average Bonchev–Trinajstić information content (AvgIpc) is 2.95. The molecule has 1 aromatic carbocycles. The number of anilines is 1. The monoisotopic (exact) mass is 319 g/mol. The van der Waals surface area contributed by atoms with Crippen molar-refractivity contribution < 1.29 is 4.74 Å². The number of benzene rings is 1. The molecular formula is C15H21N5OS. The van der Waals surface area contributed by atoms with Gasteiger partial charge in [0.25, 0.3) is 0 Å². The van der Waals surface area contributed by atoms with Crippen molar-refractivity contribution >= 4 is 23.9 Å². The summed E-state index contributed by atoms with van der Waals surface area (Å²) in [4.78, 5) is 4.32. The van der Waals surface area contributed by atoms with Crippen molar-refractivity contribution in [2.45, 2.75) is 25.4 Å². The van der Waals surface area contributed by atoms with Crippen LogP contribution in [-0.4, -0.2) is 34.3 Å². The second-order valence-corrected chi connectivity index (χ2v) is 6.20. The van der Waals surface area contributed by atoms with E-state index in [0.717, 1.165) is 28.6 Å². The maximum Gasteiger partial charge on any atom is 0.240 e. The van der Waals surface area contributed by atoms with Gasteiger partial charge in [0.1, 0.15) is 5.75 Å². The zero-order chi connectivity index (χ0) is 15.8. The van der Waals surface area contributed by atoms with Crippen molar-refractivity contribution in [1.82, 2.24) is 15.2 Å². The molecule has 0 radical (unpaired) electrons. The highest BCUT2D eigenvalue weighted by Gasteiger charge is 2.03. The lowest BCUT2D eigenvalue weighted by Gasteiger charge is -2.00. The summed E-state index contributed by atoms with van der Waals surface area (Å²) in [6.45, 7) is 4.42. The quantitative estimate of drug-likeness (QED) is 0.443. The number of ether oxygens (including phenoxy) is 1. The first kappa shape index (κ1) is 16.4. The van der Waals surface area contributed by atoms with Gasteiger partial charge < -0.3 is 4.74 Å². The molecule has 1 heterocycles. The van der Waals surface area contributed by atoms with Crippen molar-refractivity contribution in [2.24, 2.45) is 11.0 Å². The molecular weight excluding hydrogens is 298 g/mol. The lowest BCUT2D eigenvalue weighted by molar-refractivity contribution is 0.415. The number of nitrogens with one attached hydrogen (secondary N) is 2.